The highest BCUT2D eigenvalue weighted by molar-refractivity contribution is 5.94. The van der Waals surface area contributed by atoms with E-state index in [0.29, 0.717) is 61.5 Å². The largest absolute Gasteiger partial charge is 0.378 e. The molecule has 11 heteroatoms. The first-order valence-electron chi connectivity index (χ1n) is 14.1. The minimum atomic E-state index is -0.309. The topological polar surface area (TPSA) is 113 Å². The molecule has 11 nitrogen and oxygen atoms in total. The van der Waals surface area contributed by atoms with Gasteiger partial charge in [0, 0.05) is 64.1 Å². The number of carbonyl (C=O) groups excluding carboxylic acids is 2. The number of anilines is 2. The summed E-state index contributed by atoms with van der Waals surface area (Å²) in [5.41, 5.74) is 2.77. The highest BCUT2D eigenvalue weighted by Crippen LogP contribution is 2.22. The Labute approximate surface area is 239 Å². The number of morpholine rings is 1. The molecule has 2 aliphatic rings. The van der Waals surface area contributed by atoms with Crippen LogP contribution in [0.2, 0.25) is 0 Å². The van der Waals surface area contributed by atoms with Gasteiger partial charge in [0.05, 0.1) is 30.9 Å². The number of nitrogens with zero attached hydrogens (tertiary/aromatic N) is 6. The minimum absolute atomic E-state index is 0.0920. The number of rotatable bonds is 7. The molecule has 0 radical (unpaired) electrons. The molecule has 5 rings (SSSR count). The number of hydrogen-bond acceptors (Lipinski definition) is 8. The molecule has 2 fully saturated rings. The van der Waals surface area contributed by atoms with Gasteiger partial charge in [-0.2, -0.15) is 5.10 Å². The van der Waals surface area contributed by atoms with E-state index < -0.39 is 0 Å². The molecule has 0 bridgehead atoms. The van der Waals surface area contributed by atoms with Crippen LogP contribution in [0, 0.1) is 0 Å². The lowest BCUT2D eigenvalue weighted by Crippen LogP contribution is -2.51. The summed E-state index contributed by atoms with van der Waals surface area (Å²) < 4.78 is 6.60. The van der Waals surface area contributed by atoms with Gasteiger partial charge in [-0.15, -0.1) is 0 Å². The van der Waals surface area contributed by atoms with Crippen LogP contribution < -0.4 is 10.9 Å². The van der Waals surface area contributed by atoms with Gasteiger partial charge < -0.3 is 19.9 Å². The second kappa shape index (κ2) is 12.6. The van der Waals surface area contributed by atoms with Crippen molar-refractivity contribution >= 4 is 23.3 Å². The van der Waals surface area contributed by atoms with Gasteiger partial charge in [-0.1, -0.05) is 18.2 Å². The van der Waals surface area contributed by atoms with E-state index >= 15 is 0 Å². The summed E-state index contributed by atoms with van der Waals surface area (Å²) in [6.45, 7) is 9.79. The van der Waals surface area contributed by atoms with E-state index in [-0.39, 0.29) is 17.4 Å². The number of aryl methyl sites for hydroxylation is 1. The third-order valence-electron chi connectivity index (χ3n) is 7.61. The monoisotopic (exact) mass is 559 g/mol. The average molecular weight is 560 g/mol. The van der Waals surface area contributed by atoms with Crippen molar-refractivity contribution in [1.29, 1.82) is 0 Å². The van der Waals surface area contributed by atoms with Crippen LogP contribution in [0.4, 0.5) is 11.5 Å². The Kier molecular flexibility index (Phi) is 8.75. The van der Waals surface area contributed by atoms with E-state index in [2.05, 4.69) is 34.1 Å². The number of aromatic nitrogens is 3. The van der Waals surface area contributed by atoms with Gasteiger partial charge in [0.15, 0.2) is 0 Å². The predicted octanol–water partition coefficient (Wildman–Crippen LogP) is 2.15. The second-order valence-electron chi connectivity index (χ2n) is 10.7. The van der Waals surface area contributed by atoms with Crippen molar-refractivity contribution in [2.75, 3.05) is 57.8 Å². The highest BCUT2D eigenvalue weighted by atomic mass is 16.5. The van der Waals surface area contributed by atoms with E-state index in [1.807, 2.05) is 29.2 Å². The zero-order valence-corrected chi connectivity index (χ0v) is 23.9. The van der Waals surface area contributed by atoms with E-state index in [9.17, 15) is 14.4 Å². The highest BCUT2D eigenvalue weighted by Gasteiger charge is 2.23. The Morgan fingerprint density at radius 3 is 2.41 bits per heavy atom. The van der Waals surface area contributed by atoms with Crippen LogP contribution in [0.3, 0.4) is 0 Å². The number of piperazine rings is 1. The molecule has 4 heterocycles. The Morgan fingerprint density at radius 2 is 1.73 bits per heavy atom. The molecule has 0 unspecified atom stereocenters. The van der Waals surface area contributed by atoms with Gasteiger partial charge >= 0.3 is 0 Å². The maximum Gasteiger partial charge on any atom is 0.290 e. The van der Waals surface area contributed by atoms with Crippen molar-refractivity contribution in [2.24, 2.45) is 7.05 Å². The molecule has 2 amide bonds. The summed E-state index contributed by atoms with van der Waals surface area (Å²) in [4.78, 5) is 49.0. The number of ether oxygens (including phenoxy) is 1. The standard InChI is InChI=1S/C30H37N7O4/c1-21(2)35-9-11-36(12-10-35)28(38)18-22-5-4-6-23(17-22)25-19-26(30(40)34(3)33-25)32-27-8-7-24(20-31-27)29(39)37-13-15-41-16-14-37/h4-8,17,19-21H,9-16,18H2,1-3H3,(H,31,32). The molecule has 0 aliphatic carbocycles. The smallest absolute Gasteiger partial charge is 0.290 e. The lowest BCUT2D eigenvalue weighted by atomic mass is 10.0. The molecule has 1 N–H and O–H groups in total. The third-order valence-corrected chi connectivity index (χ3v) is 7.61. The van der Waals surface area contributed by atoms with E-state index in [0.717, 1.165) is 37.3 Å². The Morgan fingerprint density at radius 1 is 0.976 bits per heavy atom. The van der Waals surface area contributed by atoms with Gasteiger partial charge in [0.2, 0.25) is 5.91 Å². The summed E-state index contributed by atoms with van der Waals surface area (Å²) in [6.07, 6.45) is 1.82. The zero-order chi connectivity index (χ0) is 28.9. The summed E-state index contributed by atoms with van der Waals surface area (Å²) in [6, 6.07) is 13.3. The number of amides is 2. The SMILES string of the molecule is CC(C)N1CCN(C(=O)Cc2cccc(-c3cc(Nc4ccc(C(=O)N5CCOCC5)cn4)c(=O)n(C)n3)c2)CC1. The third kappa shape index (κ3) is 6.80. The zero-order valence-electron chi connectivity index (χ0n) is 23.9. The first-order chi connectivity index (χ1) is 19.8. The van der Waals surface area contributed by atoms with Crippen LogP contribution in [-0.2, 0) is 23.0 Å². The van der Waals surface area contributed by atoms with Crippen LogP contribution in [0.1, 0.15) is 29.8 Å². The number of benzene rings is 1. The average Bonchev–Trinajstić information content (AvgIpc) is 3.00. The Bertz CT molecular complexity index is 1440. The lowest BCUT2D eigenvalue weighted by Gasteiger charge is -2.37. The Balaban J connectivity index is 1.28. The van der Waals surface area contributed by atoms with Gasteiger partial charge in [-0.25, -0.2) is 9.67 Å². The van der Waals surface area contributed by atoms with Crippen molar-refractivity contribution in [1.82, 2.24) is 29.5 Å². The molecular weight excluding hydrogens is 522 g/mol. The number of hydrogen-bond donors (Lipinski definition) is 1. The second-order valence-corrected chi connectivity index (χ2v) is 10.7. The molecule has 2 saturated heterocycles. The van der Waals surface area contributed by atoms with E-state index in [4.69, 9.17) is 4.74 Å². The van der Waals surface area contributed by atoms with Crippen molar-refractivity contribution < 1.29 is 14.3 Å². The van der Waals surface area contributed by atoms with Gasteiger partial charge in [0.1, 0.15) is 11.5 Å². The normalized spacial score (nSPS) is 16.2. The molecule has 216 valence electrons. The van der Waals surface area contributed by atoms with Gasteiger partial charge in [-0.3, -0.25) is 19.3 Å². The first kappa shape index (κ1) is 28.4. The van der Waals surface area contributed by atoms with Crippen molar-refractivity contribution in [3.63, 3.8) is 0 Å². The number of pyridine rings is 1. The van der Waals surface area contributed by atoms with Crippen LogP contribution in [0.25, 0.3) is 11.3 Å². The summed E-state index contributed by atoms with van der Waals surface area (Å²) in [5, 5.41) is 7.53. The summed E-state index contributed by atoms with van der Waals surface area (Å²) >= 11 is 0. The number of nitrogens with one attached hydrogen (secondary N) is 1. The fourth-order valence-corrected chi connectivity index (χ4v) is 5.14. The number of carbonyl (C=O) groups is 2. The molecule has 2 aromatic heterocycles. The van der Waals surface area contributed by atoms with Crippen LogP contribution >= 0.6 is 0 Å². The maximum atomic E-state index is 13.0. The predicted molar refractivity (Wildman–Crippen MR) is 156 cm³/mol. The van der Waals surface area contributed by atoms with Gasteiger partial charge in [0.25, 0.3) is 11.5 Å². The molecule has 0 spiro atoms. The molecule has 0 atom stereocenters. The van der Waals surface area contributed by atoms with Crippen LogP contribution in [0.5, 0.6) is 0 Å². The van der Waals surface area contributed by atoms with Gasteiger partial charge in [-0.05, 0) is 43.7 Å². The summed E-state index contributed by atoms with van der Waals surface area (Å²) in [7, 11) is 1.60. The Hall–Kier alpha value is -4.09. The minimum Gasteiger partial charge on any atom is -0.378 e. The molecule has 41 heavy (non-hydrogen) atoms. The van der Waals surface area contributed by atoms with Crippen molar-refractivity contribution in [2.45, 2.75) is 26.3 Å². The quantitative estimate of drug-likeness (QED) is 0.469. The summed E-state index contributed by atoms with van der Waals surface area (Å²) in [5.74, 6) is 0.461. The molecule has 2 aliphatic heterocycles. The van der Waals surface area contributed by atoms with E-state index in [1.165, 1.54) is 10.9 Å². The molecule has 1 aromatic carbocycles. The first-order valence-corrected chi connectivity index (χ1v) is 14.1. The lowest BCUT2D eigenvalue weighted by molar-refractivity contribution is -0.132. The van der Waals surface area contributed by atoms with Crippen LogP contribution in [-0.4, -0.2) is 99.8 Å². The molecule has 0 saturated carbocycles. The van der Waals surface area contributed by atoms with Crippen LogP contribution in [0.15, 0.2) is 53.5 Å². The molecular formula is C30H37N7O4. The fraction of sp³-hybridized carbons (Fsp3) is 0.433. The van der Waals surface area contributed by atoms with Crippen molar-refractivity contribution in [3.05, 3.63) is 70.1 Å². The maximum absolute atomic E-state index is 13.0. The van der Waals surface area contributed by atoms with Crippen molar-refractivity contribution in [3.8, 4) is 11.3 Å². The fourth-order valence-electron chi connectivity index (χ4n) is 5.14. The van der Waals surface area contributed by atoms with E-state index in [1.54, 1.807) is 30.1 Å². The molecule has 3 aromatic rings.